The third-order valence-corrected chi connectivity index (χ3v) is 7.55. The number of halogens is 3. The third-order valence-electron chi connectivity index (χ3n) is 4.01. The average Bonchev–Trinajstić information content (AvgIpc) is 3.03. The van der Waals surface area contributed by atoms with Gasteiger partial charge in [0.2, 0.25) is 0 Å². The maximum atomic E-state index is 14.4. The zero-order valence-electron chi connectivity index (χ0n) is 13.2. The fraction of sp³-hybridized carbons (Fsp3) is 0.286. The molecule has 0 radical (unpaired) electrons. The summed E-state index contributed by atoms with van der Waals surface area (Å²) < 4.78 is 67.9. The summed E-state index contributed by atoms with van der Waals surface area (Å²) in [5, 5.41) is 20.0. The summed E-state index contributed by atoms with van der Waals surface area (Å²) in [5.74, 6) is -0.956. The summed E-state index contributed by atoms with van der Waals surface area (Å²) >= 11 is -0.875. The molecule has 1 N–H and O–H groups in total. The molecule has 0 aliphatic heterocycles. The van der Waals surface area contributed by atoms with Crippen LogP contribution in [0.1, 0.15) is 23.8 Å². The van der Waals surface area contributed by atoms with E-state index in [4.69, 9.17) is 5.26 Å². The molecule has 27 heavy (non-hydrogen) atoms. The molecule has 140 valence electrons. The second-order valence-electron chi connectivity index (χ2n) is 5.91. The van der Waals surface area contributed by atoms with Gasteiger partial charge in [0, 0.05) is 0 Å². The molecule has 1 saturated carbocycles. The fourth-order valence-corrected chi connectivity index (χ4v) is 5.36. The SMILES string of the molecule is N#CC1(NS(=O)(=O)c2cc(F)n3ncc(-c4nnc(C(F)F)[se]4)c3c2)CC1. The van der Waals surface area contributed by atoms with Crippen LogP contribution in [0.4, 0.5) is 13.2 Å². The molecule has 8 nitrogen and oxygen atoms in total. The standard InChI is InChI=1S/C14H9F3N6O2SSe/c15-10-4-7(26(24,25)22-14(6-18)1-2-14)3-9-8(5-19-23(9)10)12-20-21-13(27-12)11(16)17/h3-5,11,22H,1-2H2. The monoisotopic (exact) mass is 462 g/mol. The van der Waals surface area contributed by atoms with Crippen LogP contribution < -0.4 is 4.72 Å². The van der Waals surface area contributed by atoms with Gasteiger partial charge in [0.05, 0.1) is 0 Å². The topological polar surface area (TPSA) is 113 Å². The number of pyridine rings is 1. The second kappa shape index (κ2) is 6.13. The molecule has 0 atom stereocenters. The Morgan fingerprint density at radius 1 is 1.33 bits per heavy atom. The number of hydrogen-bond donors (Lipinski definition) is 1. The summed E-state index contributed by atoms with van der Waals surface area (Å²) in [4.78, 5) is -0.392. The quantitative estimate of drug-likeness (QED) is 0.452. The van der Waals surface area contributed by atoms with Gasteiger partial charge in [0.1, 0.15) is 0 Å². The van der Waals surface area contributed by atoms with Crippen molar-refractivity contribution in [2.24, 2.45) is 0 Å². The van der Waals surface area contributed by atoms with Crippen LogP contribution in [0, 0.1) is 17.3 Å². The number of rotatable bonds is 5. The van der Waals surface area contributed by atoms with Crippen molar-refractivity contribution < 1.29 is 21.6 Å². The van der Waals surface area contributed by atoms with E-state index in [0.29, 0.717) is 12.8 Å². The molecule has 0 amide bonds. The number of sulfonamides is 1. The number of alkyl halides is 2. The summed E-state index contributed by atoms with van der Waals surface area (Å²) in [6, 6.07) is 3.84. The number of aromatic nitrogens is 4. The van der Waals surface area contributed by atoms with E-state index >= 15 is 0 Å². The van der Waals surface area contributed by atoms with E-state index in [1.165, 1.54) is 12.3 Å². The van der Waals surface area contributed by atoms with E-state index in [0.717, 1.165) is 10.6 Å². The van der Waals surface area contributed by atoms with Gasteiger partial charge in [-0.2, -0.15) is 0 Å². The molecule has 4 rings (SSSR count). The molecular weight excluding hydrogens is 452 g/mol. The molecule has 3 heterocycles. The van der Waals surface area contributed by atoms with Crippen LogP contribution in [0.15, 0.2) is 23.2 Å². The van der Waals surface area contributed by atoms with E-state index in [2.05, 4.69) is 20.0 Å². The van der Waals surface area contributed by atoms with Crippen LogP contribution in [0.3, 0.4) is 0 Å². The van der Waals surface area contributed by atoms with Crippen molar-refractivity contribution in [3.05, 3.63) is 28.8 Å². The fourth-order valence-electron chi connectivity index (χ4n) is 2.45. The number of fused-ring (bicyclic) bond motifs is 1. The van der Waals surface area contributed by atoms with Crippen molar-refractivity contribution in [3.63, 3.8) is 0 Å². The van der Waals surface area contributed by atoms with Gasteiger partial charge >= 0.3 is 156 Å². The molecule has 0 spiro atoms. The first-order valence-electron chi connectivity index (χ1n) is 7.49. The molecule has 3 aromatic rings. The van der Waals surface area contributed by atoms with Gasteiger partial charge in [-0.15, -0.1) is 0 Å². The Morgan fingerprint density at radius 2 is 2.07 bits per heavy atom. The number of nitrogens with one attached hydrogen (secondary N) is 1. The van der Waals surface area contributed by atoms with Crippen molar-refractivity contribution in [1.82, 2.24) is 24.5 Å². The first kappa shape index (κ1) is 18.1. The van der Waals surface area contributed by atoms with Crippen LogP contribution in [-0.2, 0) is 10.0 Å². The minimum absolute atomic E-state index is 0.0588. The van der Waals surface area contributed by atoms with E-state index < -0.39 is 47.3 Å². The molecule has 1 aliphatic carbocycles. The average molecular weight is 461 g/mol. The molecule has 0 bridgehead atoms. The molecule has 0 saturated heterocycles. The van der Waals surface area contributed by atoms with E-state index in [1.807, 2.05) is 6.07 Å². The third kappa shape index (κ3) is 3.14. The van der Waals surface area contributed by atoms with Crippen LogP contribution in [-0.4, -0.2) is 48.3 Å². The first-order chi connectivity index (χ1) is 12.7. The predicted octanol–water partition coefficient (Wildman–Crippen LogP) is 1.26. The Morgan fingerprint density at radius 3 is 2.67 bits per heavy atom. The molecule has 3 aromatic heterocycles. The Bertz CT molecular complexity index is 1200. The molecular formula is C14H9F3N6O2SSe. The van der Waals surface area contributed by atoms with Gasteiger partial charge in [0.15, 0.2) is 0 Å². The summed E-state index contributed by atoms with van der Waals surface area (Å²) in [5.41, 5.74) is -0.876. The Labute approximate surface area is 156 Å². The summed E-state index contributed by atoms with van der Waals surface area (Å²) in [7, 11) is -4.16. The molecule has 13 heteroatoms. The van der Waals surface area contributed by atoms with E-state index in [-0.39, 0.29) is 20.2 Å². The maximum absolute atomic E-state index is 14.4. The van der Waals surface area contributed by atoms with Gasteiger partial charge < -0.3 is 0 Å². The normalized spacial score (nSPS) is 16.0. The van der Waals surface area contributed by atoms with Crippen LogP contribution in [0.2, 0.25) is 0 Å². The van der Waals surface area contributed by atoms with Gasteiger partial charge in [-0.25, -0.2) is 0 Å². The first-order valence-corrected chi connectivity index (χ1v) is 10.7. The summed E-state index contributed by atoms with van der Waals surface area (Å²) in [6.07, 6.45) is -0.771. The van der Waals surface area contributed by atoms with Crippen molar-refractivity contribution in [2.45, 2.75) is 29.7 Å². The van der Waals surface area contributed by atoms with Crippen LogP contribution in [0.25, 0.3) is 15.6 Å². The molecule has 0 aromatic carbocycles. The zero-order valence-corrected chi connectivity index (χ0v) is 15.8. The Balaban J connectivity index is 1.81. The van der Waals surface area contributed by atoms with Gasteiger partial charge in [-0.1, -0.05) is 0 Å². The van der Waals surface area contributed by atoms with Gasteiger partial charge in [0.25, 0.3) is 0 Å². The van der Waals surface area contributed by atoms with Gasteiger partial charge in [-0.3, -0.25) is 0 Å². The van der Waals surface area contributed by atoms with Crippen molar-refractivity contribution in [2.75, 3.05) is 0 Å². The summed E-state index contributed by atoms with van der Waals surface area (Å²) in [6.45, 7) is 0. The van der Waals surface area contributed by atoms with Crippen LogP contribution in [0.5, 0.6) is 0 Å². The van der Waals surface area contributed by atoms with E-state index in [9.17, 15) is 21.6 Å². The molecule has 1 fully saturated rings. The van der Waals surface area contributed by atoms with E-state index in [1.54, 1.807) is 0 Å². The minimum atomic E-state index is -4.16. The number of nitriles is 1. The van der Waals surface area contributed by atoms with Crippen molar-refractivity contribution >= 4 is 30.0 Å². The van der Waals surface area contributed by atoms with Crippen molar-refractivity contribution in [1.29, 1.82) is 5.26 Å². The Hall–Kier alpha value is -2.26. The second-order valence-corrected chi connectivity index (χ2v) is 9.71. The zero-order chi connectivity index (χ0) is 19.4. The predicted molar refractivity (Wildman–Crippen MR) is 86.0 cm³/mol. The number of nitrogens with zero attached hydrogens (tertiary/aromatic N) is 5. The number of hydrogen-bond acceptors (Lipinski definition) is 6. The van der Waals surface area contributed by atoms with Crippen molar-refractivity contribution in [3.8, 4) is 16.2 Å². The van der Waals surface area contributed by atoms with Crippen LogP contribution >= 0.6 is 0 Å². The molecule has 0 unspecified atom stereocenters. The Kier molecular flexibility index (Phi) is 4.12. The molecule has 1 aliphatic rings. The van der Waals surface area contributed by atoms with Gasteiger partial charge in [-0.05, 0) is 0 Å².